The van der Waals surface area contributed by atoms with Crippen molar-refractivity contribution in [3.05, 3.63) is 16.0 Å². The van der Waals surface area contributed by atoms with Gasteiger partial charge in [-0.25, -0.2) is 9.59 Å². The van der Waals surface area contributed by atoms with Crippen LogP contribution in [0.2, 0.25) is 0 Å². The summed E-state index contributed by atoms with van der Waals surface area (Å²) in [5.41, 5.74) is 1.24. The van der Waals surface area contributed by atoms with Crippen molar-refractivity contribution in [3.8, 4) is 0 Å². The van der Waals surface area contributed by atoms with E-state index in [1.54, 1.807) is 11.8 Å². The molecule has 1 N–H and O–H groups in total. The van der Waals surface area contributed by atoms with E-state index in [0.29, 0.717) is 30.1 Å². The summed E-state index contributed by atoms with van der Waals surface area (Å²) in [4.78, 5) is 37.6. The van der Waals surface area contributed by atoms with Crippen LogP contribution in [0.4, 0.5) is 9.80 Å². The molecule has 0 bridgehead atoms. The summed E-state index contributed by atoms with van der Waals surface area (Å²) < 4.78 is 9.80. The number of hydrogen-bond donors (Lipinski definition) is 1. The average molecular weight is 326 g/mol. The van der Waals surface area contributed by atoms with E-state index in [1.165, 1.54) is 25.4 Å². The first-order valence-corrected chi connectivity index (χ1v) is 7.71. The largest absolute Gasteiger partial charge is 0.462 e. The van der Waals surface area contributed by atoms with E-state index >= 15 is 0 Å². The number of nitrogens with zero attached hydrogens (tertiary/aromatic N) is 1. The molecule has 0 spiro atoms. The molecule has 0 fully saturated rings. The van der Waals surface area contributed by atoms with Crippen LogP contribution in [0.15, 0.2) is 0 Å². The lowest BCUT2D eigenvalue weighted by molar-refractivity contribution is -0.114. The number of esters is 1. The SMILES string of the molecule is CCOC(=O)c1c(NC(C)=O)sc2c1CCN(C(=O)OC)C2. The number of anilines is 1. The minimum atomic E-state index is -0.449. The van der Waals surface area contributed by atoms with Crippen LogP contribution in [0.3, 0.4) is 0 Å². The van der Waals surface area contributed by atoms with E-state index in [1.807, 2.05) is 0 Å². The number of thiophene rings is 1. The number of methoxy groups -OCH3 is 1. The van der Waals surface area contributed by atoms with Crippen molar-refractivity contribution < 1.29 is 23.9 Å². The van der Waals surface area contributed by atoms with Crippen LogP contribution in [0, 0.1) is 0 Å². The molecule has 2 heterocycles. The van der Waals surface area contributed by atoms with Crippen LogP contribution in [-0.2, 0) is 27.2 Å². The van der Waals surface area contributed by atoms with E-state index < -0.39 is 12.1 Å². The molecule has 1 aromatic heterocycles. The van der Waals surface area contributed by atoms with E-state index in [0.717, 1.165) is 10.4 Å². The fourth-order valence-electron chi connectivity index (χ4n) is 2.36. The molecule has 0 aromatic carbocycles. The third kappa shape index (κ3) is 3.22. The van der Waals surface area contributed by atoms with Gasteiger partial charge >= 0.3 is 12.1 Å². The van der Waals surface area contributed by atoms with Gasteiger partial charge in [-0.15, -0.1) is 11.3 Å². The zero-order valence-corrected chi connectivity index (χ0v) is 13.5. The molecule has 8 heteroatoms. The predicted molar refractivity (Wildman–Crippen MR) is 81.1 cm³/mol. The Morgan fingerprint density at radius 1 is 1.36 bits per heavy atom. The average Bonchev–Trinajstić information content (AvgIpc) is 2.82. The zero-order valence-electron chi connectivity index (χ0n) is 12.7. The predicted octanol–water partition coefficient (Wildman–Crippen LogP) is 2.01. The van der Waals surface area contributed by atoms with Crippen LogP contribution in [0.1, 0.15) is 34.6 Å². The second-order valence-electron chi connectivity index (χ2n) is 4.75. The van der Waals surface area contributed by atoms with Gasteiger partial charge < -0.3 is 19.7 Å². The summed E-state index contributed by atoms with van der Waals surface area (Å²) in [6.07, 6.45) is 0.118. The van der Waals surface area contributed by atoms with Crippen molar-refractivity contribution >= 4 is 34.3 Å². The summed E-state index contributed by atoms with van der Waals surface area (Å²) in [6.45, 7) is 4.19. The van der Waals surface area contributed by atoms with Crippen molar-refractivity contribution in [2.45, 2.75) is 26.8 Å². The molecule has 7 nitrogen and oxygen atoms in total. The molecular weight excluding hydrogens is 308 g/mol. The Hall–Kier alpha value is -2.09. The van der Waals surface area contributed by atoms with Gasteiger partial charge in [0.25, 0.3) is 0 Å². The number of ether oxygens (including phenoxy) is 2. The van der Waals surface area contributed by atoms with Crippen molar-refractivity contribution in [1.29, 1.82) is 0 Å². The van der Waals surface area contributed by atoms with Gasteiger partial charge in [-0.2, -0.15) is 0 Å². The van der Waals surface area contributed by atoms with Crippen molar-refractivity contribution in [1.82, 2.24) is 4.90 Å². The highest BCUT2D eigenvalue weighted by atomic mass is 32.1. The first-order valence-electron chi connectivity index (χ1n) is 6.90. The number of rotatable bonds is 3. The number of hydrogen-bond acceptors (Lipinski definition) is 6. The number of nitrogens with one attached hydrogen (secondary N) is 1. The summed E-state index contributed by atoms with van der Waals surface area (Å²) in [6, 6.07) is 0. The standard InChI is InChI=1S/C14H18N2O5S/c1-4-21-13(18)11-9-5-6-16(14(19)20-3)7-10(9)22-12(11)15-8(2)17/h4-7H2,1-3H3,(H,15,17). The Morgan fingerprint density at radius 2 is 2.09 bits per heavy atom. The van der Waals surface area contributed by atoms with Gasteiger partial charge in [-0.05, 0) is 18.9 Å². The zero-order chi connectivity index (χ0) is 16.3. The van der Waals surface area contributed by atoms with Gasteiger partial charge in [0.2, 0.25) is 5.91 Å². The third-order valence-electron chi connectivity index (χ3n) is 3.26. The van der Waals surface area contributed by atoms with Crippen molar-refractivity contribution in [3.63, 3.8) is 0 Å². The molecule has 0 radical (unpaired) electrons. The maximum Gasteiger partial charge on any atom is 0.409 e. The molecule has 1 aliphatic heterocycles. The Morgan fingerprint density at radius 3 is 2.68 bits per heavy atom. The van der Waals surface area contributed by atoms with Gasteiger partial charge in [-0.1, -0.05) is 0 Å². The molecule has 2 rings (SSSR count). The number of fused-ring (bicyclic) bond motifs is 1. The van der Waals surface area contributed by atoms with Gasteiger partial charge in [0.15, 0.2) is 0 Å². The molecule has 22 heavy (non-hydrogen) atoms. The van der Waals surface area contributed by atoms with Gasteiger partial charge in [0.05, 0.1) is 25.8 Å². The van der Waals surface area contributed by atoms with Crippen LogP contribution in [-0.4, -0.2) is 43.1 Å². The lowest BCUT2D eigenvalue weighted by atomic mass is 10.0. The molecular formula is C14H18N2O5S. The fraction of sp³-hybridized carbons (Fsp3) is 0.500. The van der Waals surface area contributed by atoms with E-state index in [-0.39, 0.29) is 12.5 Å². The molecule has 120 valence electrons. The first-order chi connectivity index (χ1) is 10.5. The highest BCUT2D eigenvalue weighted by Crippen LogP contribution is 2.37. The second-order valence-corrected chi connectivity index (χ2v) is 5.86. The van der Waals surface area contributed by atoms with E-state index in [2.05, 4.69) is 5.32 Å². The highest BCUT2D eigenvalue weighted by Gasteiger charge is 2.30. The maximum absolute atomic E-state index is 12.2. The van der Waals surface area contributed by atoms with Crippen molar-refractivity contribution in [2.75, 3.05) is 25.6 Å². The number of carbonyl (C=O) groups is 3. The van der Waals surface area contributed by atoms with Crippen LogP contribution < -0.4 is 5.32 Å². The van der Waals surface area contributed by atoms with Crippen LogP contribution in [0.5, 0.6) is 0 Å². The highest BCUT2D eigenvalue weighted by molar-refractivity contribution is 7.17. The van der Waals surface area contributed by atoms with Crippen LogP contribution >= 0.6 is 11.3 Å². The summed E-state index contributed by atoms with van der Waals surface area (Å²) in [5, 5.41) is 3.15. The van der Waals surface area contributed by atoms with E-state index in [9.17, 15) is 14.4 Å². The number of amides is 2. The Labute approximate surface area is 132 Å². The minimum Gasteiger partial charge on any atom is -0.462 e. The van der Waals surface area contributed by atoms with Crippen LogP contribution in [0.25, 0.3) is 0 Å². The minimum absolute atomic E-state index is 0.256. The molecule has 0 unspecified atom stereocenters. The van der Waals surface area contributed by atoms with Gasteiger partial charge in [0, 0.05) is 18.3 Å². The van der Waals surface area contributed by atoms with Gasteiger partial charge in [0.1, 0.15) is 5.00 Å². The fourth-order valence-corrected chi connectivity index (χ4v) is 3.65. The summed E-state index contributed by atoms with van der Waals surface area (Å²) in [7, 11) is 1.33. The van der Waals surface area contributed by atoms with Crippen molar-refractivity contribution in [2.24, 2.45) is 0 Å². The Bertz CT molecular complexity index is 611. The summed E-state index contributed by atoms with van der Waals surface area (Å²) >= 11 is 1.29. The monoisotopic (exact) mass is 326 g/mol. The molecule has 0 atom stereocenters. The first kappa shape index (κ1) is 16.3. The Balaban J connectivity index is 2.37. The van der Waals surface area contributed by atoms with Gasteiger partial charge in [-0.3, -0.25) is 4.79 Å². The topological polar surface area (TPSA) is 84.9 Å². The molecule has 0 aliphatic carbocycles. The maximum atomic E-state index is 12.2. The quantitative estimate of drug-likeness (QED) is 0.859. The smallest absolute Gasteiger partial charge is 0.409 e. The number of carbonyl (C=O) groups excluding carboxylic acids is 3. The molecule has 0 saturated carbocycles. The lowest BCUT2D eigenvalue weighted by Gasteiger charge is -2.25. The molecule has 2 amide bonds. The normalized spacial score (nSPS) is 13.3. The van der Waals surface area contributed by atoms with E-state index in [4.69, 9.17) is 9.47 Å². The summed E-state index contributed by atoms with van der Waals surface area (Å²) in [5.74, 6) is -0.704. The molecule has 1 aromatic rings. The molecule has 0 saturated heterocycles. The second kappa shape index (κ2) is 6.78. The lowest BCUT2D eigenvalue weighted by Crippen LogP contribution is -2.35. The molecule has 1 aliphatic rings. The third-order valence-corrected chi connectivity index (χ3v) is 4.39. The Kier molecular flexibility index (Phi) is 5.02.